The van der Waals surface area contributed by atoms with Crippen LogP contribution in [0.3, 0.4) is 0 Å². The van der Waals surface area contributed by atoms with Gasteiger partial charge in [0, 0.05) is 44.5 Å². The van der Waals surface area contributed by atoms with E-state index in [1.54, 1.807) is 0 Å². The van der Waals surface area contributed by atoms with Crippen molar-refractivity contribution >= 4 is 110 Å². The molecule has 82 heavy (non-hydrogen) atoms. The zero-order valence-corrected chi connectivity index (χ0v) is 44.4. The molecule has 4 nitrogen and oxygen atoms in total. The molecule has 0 aliphatic carbocycles. The third-order valence-electron chi connectivity index (χ3n) is 18.3. The number of nitrogens with zero attached hydrogens (tertiary/aromatic N) is 2. The molecule has 382 valence electrons. The molecule has 2 aliphatic rings. The average Bonchev–Trinajstić information content (AvgIpc) is 2.05. The monoisotopic (exact) mass is 1040 g/mol. The summed E-state index contributed by atoms with van der Waals surface area (Å²) in [6.07, 6.45) is 0. The number of hydrogen-bond donors (Lipinski definition) is 0. The quantitative estimate of drug-likeness (QED) is 0.155. The topological polar surface area (TPSA) is 32.8 Å². The van der Waals surface area contributed by atoms with E-state index >= 15 is 0 Å². The number of rotatable bonds is 6. The third kappa shape index (κ3) is 5.94. The molecule has 16 aromatic rings. The molecule has 0 spiro atoms. The molecule has 0 fully saturated rings. The molecule has 0 saturated carbocycles. The second kappa shape index (κ2) is 16.9. The third-order valence-corrected chi connectivity index (χ3v) is 18.3. The Bertz CT molecular complexity index is 4830. The molecule has 4 heteroatoms. The lowest BCUT2D eigenvalue weighted by molar-refractivity contribution is 0.667. The van der Waals surface area contributed by atoms with E-state index in [4.69, 9.17) is 8.83 Å². The van der Waals surface area contributed by atoms with E-state index in [0.717, 1.165) is 78.0 Å². The van der Waals surface area contributed by atoms with E-state index in [1.807, 2.05) is 0 Å². The van der Waals surface area contributed by atoms with Crippen molar-refractivity contribution in [2.24, 2.45) is 0 Å². The van der Waals surface area contributed by atoms with Gasteiger partial charge in [-0.15, -0.1) is 0 Å². The van der Waals surface area contributed by atoms with Gasteiger partial charge in [-0.1, -0.05) is 231 Å². The Kier molecular flexibility index (Phi) is 9.33. The van der Waals surface area contributed by atoms with Crippen LogP contribution in [0.25, 0.3) is 76.2 Å². The van der Waals surface area contributed by atoms with E-state index in [1.165, 1.54) is 76.8 Å². The lowest BCUT2D eigenvalue weighted by atomic mass is 9.62. The number of furan rings is 2. The molecule has 0 unspecified atom stereocenters. The van der Waals surface area contributed by atoms with Crippen LogP contribution < -0.4 is 9.80 Å². The van der Waals surface area contributed by atoms with Gasteiger partial charge in [-0.2, -0.15) is 0 Å². The molecular formula is C78H48N2O2. The van der Waals surface area contributed by atoms with Gasteiger partial charge in [0.1, 0.15) is 22.3 Å². The highest BCUT2D eigenvalue weighted by atomic mass is 16.3. The summed E-state index contributed by atoms with van der Waals surface area (Å²) >= 11 is 0. The van der Waals surface area contributed by atoms with E-state index in [0.29, 0.717) is 0 Å². The van der Waals surface area contributed by atoms with Gasteiger partial charge in [-0.3, -0.25) is 0 Å². The van der Waals surface area contributed by atoms with Crippen molar-refractivity contribution in [1.82, 2.24) is 0 Å². The van der Waals surface area contributed by atoms with Crippen molar-refractivity contribution < 1.29 is 8.83 Å². The van der Waals surface area contributed by atoms with E-state index in [2.05, 4.69) is 301 Å². The highest BCUT2D eigenvalue weighted by Crippen LogP contribution is 2.62. The minimum Gasteiger partial charge on any atom is -0.456 e. The molecule has 0 atom stereocenters. The summed E-state index contributed by atoms with van der Waals surface area (Å²) in [5.74, 6) is 0. The summed E-state index contributed by atoms with van der Waals surface area (Å²) in [4.78, 5) is 5.05. The van der Waals surface area contributed by atoms with Gasteiger partial charge < -0.3 is 18.6 Å². The minimum atomic E-state index is -0.677. The Morgan fingerprint density at radius 3 is 0.963 bits per heavy atom. The highest BCUT2D eigenvalue weighted by Gasteiger charge is 2.49. The molecule has 0 amide bonds. The summed E-state index contributed by atoms with van der Waals surface area (Å²) in [5, 5.41) is 11.6. The lowest BCUT2D eigenvalue weighted by Gasteiger charge is -2.47. The van der Waals surface area contributed by atoms with E-state index in [-0.39, 0.29) is 0 Å². The zero-order chi connectivity index (χ0) is 53.7. The van der Waals surface area contributed by atoms with Crippen molar-refractivity contribution in [3.63, 3.8) is 0 Å². The van der Waals surface area contributed by atoms with Crippen LogP contribution >= 0.6 is 0 Å². The number of fused-ring (bicyclic) bond motifs is 10. The average molecular weight is 1050 g/mol. The summed E-state index contributed by atoms with van der Waals surface area (Å²) in [6.45, 7) is 0. The van der Waals surface area contributed by atoms with Crippen LogP contribution in [-0.2, 0) is 10.8 Å². The van der Waals surface area contributed by atoms with Gasteiger partial charge >= 0.3 is 0 Å². The first-order chi connectivity index (χ1) is 40.7. The van der Waals surface area contributed by atoms with Gasteiger partial charge in [0.15, 0.2) is 0 Å². The fourth-order valence-electron chi connectivity index (χ4n) is 15.0. The van der Waals surface area contributed by atoms with Crippen molar-refractivity contribution in [2.75, 3.05) is 9.80 Å². The second-order valence-electron chi connectivity index (χ2n) is 22.2. The molecule has 2 aliphatic heterocycles. The molecule has 0 N–H and O–H groups in total. The summed E-state index contributed by atoms with van der Waals surface area (Å²) in [7, 11) is 0. The Hall–Kier alpha value is -10.7. The highest BCUT2D eigenvalue weighted by molar-refractivity contribution is 6.28. The fourth-order valence-corrected chi connectivity index (χ4v) is 15.0. The Morgan fingerprint density at radius 1 is 0.220 bits per heavy atom. The zero-order valence-electron chi connectivity index (χ0n) is 44.4. The van der Waals surface area contributed by atoms with Crippen molar-refractivity contribution in [3.05, 3.63) is 336 Å². The first-order valence-corrected chi connectivity index (χ1v) is 28.3. The first kappa shape index (κ1) is 45.2. The van der Waals surface area contributed by atoms with Crippen molar-refractivity contribution in [3.8, 4) is 0 Å². The summed E-state index contributed by atoms with van der Waals surface area (Å²) < 4.78 is 13.7. The second-order valence-corrected chi connectivity index (χ2v) is 22.2. The van der Waals surface area contributed by atoms with Crippen LogP contribution in [0.15, 0.2) is 300 Å². The maximum absolute atomic E-state index is 6.84. The van der Waals surface area contributed by atoms with Crippen LogP contribution in [0.4, 0.5) is 34.1 Å². The Balaban J connectivity index is 0.918. The normalized spacial score (nSPS) is 14.2. The SMILES string of the molecule is c1ccc(C2(c3ccccc3)c3ccccc3N(c3ccc4ccc5c(N6c7ccccc7C(c7ccccc7)(c7ccccc7)c7cc8c(cc76)oc6ccccc68)ccc6ccc3c4c65)c3cc4oc5ccccc5c4cc32)cc1. The molecular weight excluding hydrogens is 997 g/mol. The predicted octanol–water partition coefficient (Wildman–Crippen LogP) is 20.7. The van der Waals surface area contributed by atoms with Gasteiger partial charge in [0.25, 0.3) is 0 Å². The molecule has 18 rings (SSSR count). The number of benzene rings is 14. The van der Waals surface area contributed by atoms with Crippen LogP contribution in [0.5, 0.6) is 0 Å². The number of anilines is 6. The summed E-state index contributed by atoms with van der Waals surface area (Å²) in [5.41, 5.74) is 18.3. The standard InChI is InChI=1S/C78H48N2O2/c1-5-21-51(22-6-1)77(52-23-7-2-8-24-52)61-31-15-17-33-67(61)79(69-47-73-59(45-63(69)77)55-29-13-19-35-71(55)81-73)65-43-39-49-38-42-58-66(44-40-50-37-41-57(65)75(49)76(50)58)80-68-34-18-16-32-62(68)78(53-25-9-3-10-26-53,54-27-11-4-12-28-54)64-46-60-56-30-14-20-36-72(56)82-74(60)48-70(64)80/h1-48H. The minimum absolute atomic E-state index is 0.677. The maximum atomic E-state index is 6.84. The van der Waals surface area contributed by atoms with Crippen LogP contribution in [-0.4, -0.2) is 0 Å². The van der Waals surface area contributed by atoms with Gasteiger partial charge in [-0.25, -0.2) is 0 Å². The Morgan fingerprint density at radius 2 is 0.561 bits per heavy atom. The fraction of sp³-hybridized carbons (Fsp3) is 0.0256. The molecule has 0 radical (unpaired) electrons. The van der Waals surface area contributed by atoms with E-state index in [9.17, 15) is 0 Å². The molecule has 0 saturated heterocycles. The number of hydrogen-bond acceptors (Lipinski definition) is 4. The van der Waals surface area contributed by atoms with Crippen molar-refractivity contribution in [2.45, 2.75) is 10.8 Å². The maximum Gasteiger partial charge on any atom is 0.137 e. The van der Waals surface area contributed by atoms with E-state index < -0.39 is 10.8 Å². The van der Waals surface area contributed by atoms with Crippen LogP contribution in [0.2, 0.25) is 0 Å². The number of para-hydroxylation sites is 4. The first-order valence-electron chi connectivity index (χ1n) is 28.3. The molecule has 0 bridgehead atoms. The van der Waals surface area contributed by atoms with Gasteiger partial charge in [0.2, 0.25) is 0 Å². The van der Waals surface area contributed by atoms with Crippen LogP contribution in [0.1, 0.15) is 44.5 Å². The molecule has 4 heterocycles. The van der Waals surface area contributed by atoms with Gasteiger partial charge in [-0.05, 0) is 115 Å². The molecule has 14 aromatic carbocycles. The Labute approximate surface area is 472 Å². The van der Waals surface area contributed by atoms with Crippen LogP contribution in [0, 0.1) is 0 Å². The largest absolute Gasteiger partial charge is 0.456 e. The van der Waals surface area contributed by atoms with Gasteiger partial charge in [0.05, 0.1) is 45.0 Å². The molecule has 2 aromatic heterocycles. The predicted molar refractivity (Wildman–Crippen MR) is 338 cm³/mol. The smallest absolute Gasteiger partial charge is 0.137 e. The summed E-state index contributed by atoms with van der Waals surface area (Å²) in [6, 6.07) is 108. The van der Waals surface area contributed by atoms with Crippen molar-refractivity contribution in [1.29, 1.82) is 0 Å². The lowest BCUT2D eigenvalue weighted by Crippen LogP contribution is -2.37.